The van der Waals surface area contributed by atoms with Crippen LogP contribution in [-0.2, 0) is 10.8 Å². The number of rotatable bonds is 5. The molecule has 2 rings (SSSR count). The van der Waals surface area contributed by atoms with E-state index in [1.807, 2.05) is 36.4 Å². The molecule has 0 radical (unpaired) electrons. The van der Waals surface area contributed by atoms with Crippen LogP contribution in [0.4, 0.5) is 0 Å². The second-order valence-corrected chi connectivity index (χ2v) is 6.20. The Morgan fingerprint density at radius 2 is 2.05 bits per heavy atom. The van der Waals surface area contributed by atoms with Crippen molar-refractivity contribution in [3.63, 3.8) is 0 Å². The van der Waals surface area contributed by atoms with Crippen molar-refractivity contribution in [2.45, 2.75) is 6.04 Å². The Hall–Kier alpha value is -2.52. The van der Waals surface area contributed by atoms with Gasteiger partial charge in [0.2, 0.25) is 0 Å². The number of aromatic nitrogens is 1. The summed E-state index contributed by atoms with van der Waals surface area (Å²) in [6.45, 7) is 0. The standard InChI is InChI=1S/C16H15N3O2S/c1-22(21)11-15(13-5-3-2-4-6-13)19-16(20)14-8-7-12(9-17)10-18-14/h2-8,10,15H,11H2,1H3,(H,19,20). The predicted octanol–water partition coefficient (Wildman–Crippen LogP) is 1.80. The number of nitrogens with zero attached hydrogens (tertiary/aromatic N) is 2. The Labute approximate surface area is 131 Å². The molecule has 1 heterocycles. The van der Waals surface area contributed by atoms with Gasteiger partial charge < -0.3 is 5.32 Å². The van der Waals surface area contributed by atoms with Gasteiger partial charge in [0.05, 0.1) is 11.6 Å². The minimum absolute atomic E-state index is 0.224. The fourth-order valence-corrected chi connectivity index (χ4v) is 2.71. The molecule has 0 bridgehead atoms. The zero-order valence-corrected chi connectivity index (χ0v) is 12.8. The molecule has 0 fully saturated rings. The molecule has 22 heavy (non-hydrogen) atoms. The number of carbonyl (C=O) groups is 1. The highest BCUT2D eigenvalue weighted by Crippen LogP contribution is 2.14. The quantitative estimate of drug-likeness (QED) is 0.912. The fourth-order valence-electron chi connectivity index (χ4n) is 1.97. The maximum atomic E-state index is 12.3. The van der Waals surface area contributed by atoms with E-state index in [1.165, 1.54) is 18.3 Å². The molecule has 2 aromatic rings. The van der Waals surface area contributed by atoms with Crippen LogP contribution < -0.4 is 5.32 Å². The van der Waals surface area contributed by atoms with Gasteiger partial charge in [0.15, 0.2) is 0 Å². The molecule has 0 saturated heterocycles. The minimum atomic E-state index is -1.05. The van der Waals surface area contributed by atoms with Gasteiger partial charge in [-0.1, -0.05) is 30.3 Å². The van der Waals surface area contributed by atoms with Crippen molar-refractivity contribution in [2.75, 3.05) is 12.0 Å². The molecule has 1 aromatic carbocycles. The largest absolute Gasteiger partial charge is 0.343 e. The zero-order valence-electron chi connectivity index (χ0n) is 12.0. The van der Waals surface area contributed by atoms with Crippen LogP contribution >= 0.6 is 0 Å². The van der Waals surface area contributed by atoms with Crippen LogP contribution in [0, 0.1) is 11.3 Å². The summed E-state index contributed by atoms with van der Waals surface area (Å²) in [6, 6.07) is 14.0. The molecule has 1 N–H and O–H groups in total. The lowest BCUT2D eigenvalue weighted by Gasteiger charge is -2.18. The Morgan fingerprint density at radius 3 is 2.59 bits per heavy atom. The van der Waals surface area contributed by atoms with Crippen molar-refractivity contribution in [3.8, 4) is 6.07 Å². The Morgan fingerprint density at radius 1 is 1.32 bits per heavy atom. The molecule has 112 valence electrons. The van der Waals surface area contributed by atoms with E-state index in [4.69, 9.17) is 5.26 Å². The first-order valence-corrected chi connectivity index (χ1v) is 8.35. The van der Waals surface area contributed by atoms with E-state index in [-0.39, 0.29) is 17.6 Å². The van der Waals surface area contributed by atoms with E-state index in [9.17, 15) is 9.00 Å². The molecule has 0 aliphatic heterocycles. The maximum absolute atomic E-state index is 12.3. The Kier molecular flexibility index (Phi) is 5.39. The lowest BCUT2D eigenvalue weighted by Crippen LogP contribution is -2.32. The summed E-state index contributed by atoms with van der Waals surface area (Å²) in [5, 5.41) is 11.6. The van der Waals surface area contributed by atoms with E-state index in [2.05, 4.69) is 10.3 Å². The Balaban J connectivity index is 2.17. The van der Waals surface area contributed by atoms with Crippen LogP contribution in [0.1, 0.15) is 27.7 Å². The summed E-state index contributed by atoms with van der Waals surface area (Å²) in [5.74, 6) is -0.0322. The monoisotopic (exact) mass is 313 g/mol. The first kappa shape index (κ1) is 15.9. The van der Waals surface area contributed by atoms with Crippen LogP contribution in [0.15, 0.2) is 48.7 Å². The first-order chi connectivity index (χ1) is 10.6. The highest BCUT2D eigenvalue weighted by molar-refractivity contribution is 7.84. The number of nitrogens with one attached hydrogen (secondary N) is 1. The van der Waals surface area contributed by atoms with Crippen molar-refractivity contribution in [1.29, 1.82) is 5.26 Å². The van der Waals surface area contributed by atoms with Gasteiger partial charge in [-0.05, 0) is 17.7 Å². The molecule has 0 aliphatic rings. The van der Waals surface area contributed by atoms with Crippen LogP contribution in [0.3, 0.4) is 0 Å². The fraction of sp³-hybridized carbons (Fsp3) is 0.188. The lowest BCUT2D eigenvalue weighted by molar-refractivity contribution is 0.0935. The van der Waals surface area contributed by atoms with Gasteiger partial charge in [-0.25, -0.2) is 4.98 Å². The van der Waals surface area contributed by atoms with Crippen LogP contribution in [-0.4, -0.2) is 27.1 Å². The van der Waals surface area contributed by atoms with Gasteiger partial charge in [0, 0.05) is 29.0 Å². The van der Waals surface area contributed by atoms with Gasteiger partial charge in [-0.2, -0.15) is 5.26 Å². The third kappa shape index (κ3) is 4.24. The number of nitriles is 1. The third-order valence-electron chi connectivity index (χ3n) is 3.03. The highest BCUT2D eigenvalue weighted by atomic mass is 32.2. The van der Waals surface area contributed by atoms with Gasteiger partial charge in [-0.3, -0.25) is 9.00 Å². The summed E-state index contributed by atoms with van der Waals surface area (Å²) >= 11 is 0. The number of hydrogen-bond donors (Lipinski definition) is 1. The number of pyridine rings is 1. The lowest BCUT2D eigenvalue weighted by atomic mass is 10.1. The topological polar surface area (TPSA) is 82.9 Å². The zero-order chi connectivity index (χ0) is 15.9. The van der Waals surface area contributed by atoms with Crippen LogP contribution in [0.25, 0.3) is 0 Å². The molecular formula is C16H15N3O2S. The SMILES string of the molecule is CS(=O)CC(NC(=O)c1ccc(C#N)cn1)c1ccccc1. The normalized spacial score (nSPS) is 12.9. The first-order valence-electron chi connectivity index (χ1n) is 6.62. The van der Waals surface area contributed by atoms with Crippen molar-refractivity contribution in [3.05, 3.63) is 65.5 Å². The van der Waals surface area contributed by atoms with Crippen molar-refractivity contribution < 1.29 is 9.00 Å². The second kappa shape index (κ2) is 7.48. The average molecular weight is 313 g/mol. The molecule has 2 unspecified atom stereocenters. The van der Waals surface area contributed by atoms with E-state index in [0.717, 1.165) is 5.56 Å². The van der Waals surface area contributed by atoms with Gasteiger partial charge >= 0.3 is 0 Å². The molecule has 2 atom stereocenters. The van der Waals surface area contributed by atoms with E-state index in [1.54, 1.807) is 6.26 Å². The molecule has 5 nitrogen and oxygen atoms in total. The molecule has 0 spiro atoms. The minimum Gasteiger partial charge on any atom is -0.343 e. The summed E-state index contributed by atoms with van der Waals surface area (Å²) < 4.78 is 11.5. The number of hydrogen-bond acceptors (Lipinski definition) is 4. The Bertz CT molecular complexity index is 708. The molecule has 1 aromatic heterocycles. The molecule has 1 amide bonds. The number of amides is 1. The van der Waals surface area contributed by atoms with E-state index in [0.29, 0.717) is 11.3 Å². The second-order valence-electron chi connectivity index (χ2n) is 4.72. The van der Waals surface area contributed by atoms with Gasteiger partial charge in [-0.15, -0.1) is 0 Å². The van der Waals surface area contributed by atoms with Crippen molar-refractivity contribution in [2.24, 2.45) is 0 Å². The third-order valence-corrected chi connectivity index (χ3v) is 3.84. The maximum Gasteiger partial charge on any atom is 0.270 e. The number of benzene rings is 1. The van der Waals surface area contributed by atoms with E-state index < -0.39 is 10.8 Å². The molecular weight excluding hydrogens is 298 g/mol. The highest BCUT2D eigenvalue weighted by Gasteiger charge is 2.17. The van der Waals surface area contributed by atoms with Gasteiger partial charge in [0.25, 0.3) is 5.91 Å². The smallest absolute Gasteiger partial charge is 0.270 e. The summed E-state index contributed by atoms with van der Waals surface area (Å²) in [6.07, 6.45) is 2.95. The van der Waals surface area contributed by atoms with Gasteiger partial charge in [0.1, 0.15) is 11.8 Å². The predicted molar refractivity (Wildman–Crippen MR) is 84.5 cm³/mol. The average Bonchev–Trinajstić information content (AvgIpc) is 2.54. The van der Waals surface area contributed by atoms with Crippen molar-refractivity contribution in [1.82, 2.24) is 10.3 Å². The van der Waals surface area contributed by atoms with E-state index >= 15 is 0 Å². The molecule has 6 heteroatoms. The van der Waals surface area contributed by atoms with Crippen molar-refractivity contribution >= 4 is 16.7 Å². The molecule has 0 aliphatic carbocycles. The molecule has 0 saturated carbocycles. The summed E-state index contributed by atoms with van der Waals surface area (Å²) in [4.78, 5) is 16.2. The summed E-state index contributed by atoms with van der Waals surface area (Å²) in [5.41, 5.74) is 1.51. The summed E-state index contributed by atoms with van der Waals surface area (Å²) in [7, 11) is -1.05. The van der Waals surface area contributed by atoms with Crippen LogP contribution in [0.5, 0.6) is 0 Å². The van der Waals surface area contributed by atoms with Crippen LogP contribution in [0.2, 0.25) is 0 Å². The number of carbonyl (C=O) groups excluding carboxylic acids is 1.